The largest absolute Gasteiger partial charge is 0.481 e. The molecule has 2 unspecified atom stereocenters. The molecule has 1 aromatic rings. The number of nitrogens with zero attached hydrogens (tertiary/aromatic N) is 1. The first-order valence-corrected chi connectivity index (χ1v) is 9.52. The Morgan fingerprint density at radius 1 is 1.26 bits per heavy atom. The summed E-state index contributed by atoms with van der Waals surface area (Å²) in [7, 11) is 0. The fraction of sp³-hybridized carbons (Fsp3) is 0.600. The number of halogens is 1. The molecular formula is C20H27FN2O4. The number of nitrogens with one attached hydrogen (secondary N) is 1. The van der Waals surface area contributed by atoms with Crippen LogP contribution in [-0.4, -0.2) is 42.3 Å². The Morgan fingerprint density at radius 2 is 1.89 bits per heavy atom. The van der Waals surface area contributed by atoms with Gasteiger partial charge in [0.2, 0.25) is 5.91 Å². The van der Waals surface area contributed by atoms with Crippen LogP contribution in [0, 0.1) is 11.2 Å². The molecular weight excluding hydrogens is 351 g/mol. The van der Waals surface area contributed by atoms with Gasteiger partial charge in [0.15, 0.2) is 0 Å². The van der Waals surface area contributed by atoms with Gasteiger partial charge in [-0.3, -0.25) is 9.59 Å². The zero-order valence-corrected chi connectivity index (χ0v) is 15.8. The maximum absolute atomic E-state index is 14.6. The molecule has 27 heavy (non-hydrogen) atoms. The smallest absolute Gasteiger partial charge is 0.310 e. The quantitative estimate of drug-likeness (QED) is 0.821. The zero-order valence-electron chi connectivity index (χ0n) is 15.8. The highest BCUT2D eigenvalue weighted by molar-refractivity contribution is 5.94. The van der Waals surface area contributed by atoms with Gasteiger partial charge < -0.3 is 20.1 Å². The lowest BCUT2D eigenvalue weighted by atomic mass is 9.82. The highest BCUT2D eigenvalue weighted by Crippen LogP contribution is 2.41. The summed E-state index contributed by atoms with van der Waals surface area (Å²) < 4.78 is 20.3. The van der Waals surface area contributed by atoms with Crippen molar-refractivity contribution in [2.45, 2.75) is 58.2 Å². The molecule has 0 spiro atoms. The number of hydrogen-bond donors (Lipinski definition) is 2. The maximum atomic E-state index is 14.6. The van der Waals surface area contributed by atoms with E-state index in [2.05, 4.69) is 5.32 Å². The van der Waals surface area contributed by atoms with Crippen molar-refractivity contribution >= 4 is 23.3 Å². The fourth-order valence-electron chi connectivity index (χ4n) is 4.25. The molecule has 0 aromatic heterocycles. The maximum Gasteiger partial charge on any atom is 0.310 e. The number of carbonyl (C=O) groups is 2. The minimum Gasteiger partial charge on any atom is -0.481 e. The van der Waals surface area contributed by atoms with E-state index >= 15 is 0 Å². The molecule has 1 heterocycles. The van der Waals surface area contributed by atoms with E-state index < -0.39 is 17.2 Å². The molecule has 2 atom stereocenters. The van der Waals surface area contributed by atoms with Gasteiger partial charge >= 0.3 is 5.97 Å². The lowest BCUT2D eigenvalue weighted by molar-refractivity contribution is -0.150. The first-order chi connectivity index (χ1) is 12.8. The molecule has 2 N–H and O–H groups in total. The van der Waals surface area contributed by atoms with Crippen molar-refractivity contribution in [2.75, 3.05) is 23.3 Å². The van der Waals surface area contributed by atoms with Crippen LogP contribution in [0.15, 0.2) is 18.2 Å². The van der Waals surface area contributed by atoms with E-state index in [1.165, 1.54) is 6.07 Å². The molecule has 1 saturated carbocycles. The van der Waals surface area contributed by atoms with Crippen molar-refractivity contribution in [3.05, 3.63) is 24.0 Å². The van der Waals surface area contributed by atoms with Crippen LogP contribution in [0.25, 0.3) is 0 Å². The number of carboxylic acid groups (broad SMARTS) is 1. The van der Waals surface area contributed by atoms with Crippen LogP contribution in [0.2, 0.25) is 0 Å². The molecule has 7 heteroatoms. The average Bonchev–Trinajstić information content (AvgIpc) is 3.03. The van der Waals surface area contributed by atoms with Gasteiger partial charge in [-0.15, -0.1) is 0 Å². The number of amides is 1. The van der Waals surface area contributed by atoms with Crippen LogP contribution in [-0.2, 0) is 14.3 Å². The number of aliphatic carboxylic acids is 1. The zero-order chi connectivity index (χ0) is 19.6. The summed E-state index contributed by atoms with van der Waals surface area (Å²) in [6, 6.07) is 4.60. The summed E-state index contributed by atoms with van der Waals surface area (Å²) in [6.45, 7) is 5.12. The molecule has 148 valence electrons. The Labute approximate surface area is 158 Å². The van der Waals surface area contributed by atoms with Crippen LogP contribution in [0.1, 0.15) is 46.0 Å². The topological polar surface area (TPSA) is 78.9 Å². The molecule has 0 radical (unpaired) electrons. The van der Waals surface area contributed by atoms with Gasteiger partial charge in [0, 0.05) is 25.2 Å². The Balaban J connectivity index is 1.67. The Kier molecular flexibility index (Phi) is 5.69. The van der Waals surface area contributed by atoms with Crippen LogP contribution in [0.5, 0.6) is 0 Å². The number of carboxylic acids is 1. The van der Waals surface area contributed by atoms with Crippen LogP contribution < -0.4 is 10.2 Å². The van der Waals surface area contributed by atoms with E-state index in [0.717, 1.165) is 12.8 Å². The van der Waals surface area contributed by atoms with E-state index in [1.807, 2.05) is 18.7 Å². The minimum absolute atomic E-state index is 0.0196. The summed E-state index contributed by atoms with van der Waals surface area (Å²) in [5.74, 6) is -1.73. The molecule has 1 amide bonds. The van der Waals surface area contributed by atoms with Gasteiger partial charge in [-0.1, -0.05) is 12.8 Å². The SMILES string of the molecule is CC1CN(c2ccc(NC(=O)CC3(C(=O)O)CCCC3)cc2F)CC(C)O1. The van der Waals surface area contributed by atoms with Crippen molar-refractivity contribution in [2.24, 2.45) is 5.41 Å². The number of morpholine rings is 1. The molecule has 6 nitrogen and oxygen atoms in total. The van der Waals surface area contributed by atoms with Crippen molar-refractivity contribution in [1.82, 2.24) is 0 Å². The second-order valence-corrected chi connectivity index (χ2v) is 7.85. The first-order valence-electron chi connectivity index (χ1n) is 9.52. The van der Waals surface area contributed by atoms with Crippen molar-refractivity contribution < 1.29 is 23.8 Å². The van der Waals surface area contributed by atoms with E-state index in [1.54, 1.807) is 12.1 Å². The number of carbonyl (C=O) groups excluding carboxylic acids is 1. The van der Waals surface area contributed by atoms with E-state index in [0.29, 0.717) is 37.3 Å². The lowest BCUT2D eigenvalue weighted by Gasteiger charge is -2.37. The van der Waals surface area contributed by atoms with Gasteiger partial charge in [-0.05, 0) is 44.9 Å². The van der Waals surface area contributed by atoms with Crippen LogP contribution in [0.3, 0.4) is 0 Å². The summed E-state index contributed by atoms with van der Waals surface area (Å²) in [6.07, 6.45) is 2.62. The summed E-state index contributed by atoms with van der Waals surface area (Å²) in [5, 5.41) is 12.1. The van der Waals surface area contributed by atoms with E-state index in [4.69, 9.17) is 4.74 Å². The fourth-order valence-corrected chi connectivity index (χ4v) is 4.25. The lowest BCUT2D eigenvalue weighted by Crippen LogP contribution is -2.45. The number of rotatable bonds is 5. The van der Waals surface area contributed by atoms with Gasteiger partial charge in [0.05, 0.1) is 23.3 Å². The third-order valence-corrected chi connectivity index (χ3v) is 5.51. The first kappa shape index (κ1) is 19.6. The second kappa shape index (κ2) is 7.84. The van der Waals surface area contributed by atoms with Crippen LogP contribution in [0.4, 0.5) is 15.8 Å². The van der Waals surface area contributed by atoms with E-state index in [9.17, 15) is 19.1 Å². The molecule has 1 aliphatic heterocycles. The predicted molar refractivity (Wildman–Crippen MR) is 100 cm³/mol. The molecule has 2 aliphatic rings. The minimum atomic E-state index is -0.983. The molecule has 1 aliphatic carbocycles. The Bertz CT molecular complexity index is 708. The molecule has 2 fully saturated rings. The predicted octanol–water partition coefficient (Wildman–Crippen LogP) is 3.41. The molecule has 3 rings (SSSR count). The van der Waals surface area contributed by atoms with Gasteiger partial charge in [-0.2, -0.15) is 0 Å². The van der Waals surface area contributed by atoms with Gasteiger partial charge in [0.1, 0.15) is 5.82 Å². The number of ether oxygens (including phenoxy) is 1. The van der Waals surface area contributed by atoms with Gasteiger partial charge in [-0.25, -0.2) is 4.39 Å². The van der Waals surface area contributed by atoms with E-state index in [-0.39, 0.29) is 24.5 Å². The summed E-state index contributed by atoms with van der Waals surface area (Å²) in [5.41, 5.74) is -0.162. The van der Waals surface area contributed by atoms with Crippen molar-refractivity contribution in [3.8, 4) is 0 Å². The Hall–Kier alpha value is -2.15. The number of anilines is 2. The number of hydrogen-bond acceptors (Lipinski definition) is 4. The third-order valence-electron chi connectivity index (χ3n) is 5.51. The van der Waals surface area contributed by atoms with Gasteiger partial charge in [0.25, 0.3) is 0 Å². The summed E-state index contributed by atoms with van der Waals surface area (Å²) in [4.78, 5) is 25.9. The second-order valence-electron chi connectivity index (χ2n) is 7.85. The normalized spacial score (nSPS) is 24.6. The highest BCUT2D eigenvalue weighted by Gasteiger charge is 2.43. The number of benzene rings is 1. The molecule has 1 aromatic carbocycles. The molecule has 1 saturated heterocycles. The standard InChI is InChI=1S/C20H27FN2O4/c1-13-11-23(12-14(2)27-13)17-6-5-15(9-16(17)21)22-18(24)10-20(19(25)26)7-3-4-8-20/h5-6,9,13-14H,3-4,7-8,10-12H2,1-2H3,(H,22,24)(H,25,26). The highest BCUT2D eigenvalue weighted by atomic mass is 19.1. The van der Waals surface area contributed by atoms with Crippen molar-refractivity contribution in [1.29, 1.82) is 0 Å². The molecule has 0 bridgehead atoms. The third kappa shape index (κ3) is 4.40. The monoisotopic (exact) mass is 378 g/mol. The Morgan fingerprint density at radius 3 is 2.44 bits per heavy atom. The average molecular weight is 378 g/mol. The van der Waals surface area contributed by atoms with Crippen molar-refractivity contribution in [3.63, 3.8) is 0 Å². The summed E-state index contributed by atoms with van der Waals surface area (Å²) >= 11 is 0. The van der Waals surface area contributed by atoms with Crippen LogP contribution >= 0.6 is 0 Å².